The predicted molar refractivity (Wildman–Crippen MR) is 99.0 cm³/mol. The summed E-state index contributed by atoms with van der Waals surface area (Å²) in [5.74, 6) is -0.517. The summed E-state index contributed by atoms with van der Waals surface area (Å²) in [7, 11) is 1.56. The molecule has 0 aliphatic heterocycles. The van der Waals surface area contributed by atoms with E-state index in [0.29, 0.717) is 22.6 Å². The monoisotopic (exact) mass is 370 g/mol. The molecule has 0 atom stereocenters. The summed E-state index contributed by atoms with van der Waals surface area (Å²) in [4.78, 5) is 25.5. The van der Waals surface area contributed by atoms with Gasteiger partial charge in [0.25, 0.3) is 0 Å². The number of primary amides is 1. The van der Waals surface area contributed by atoms with E-state index < -0.39 is 11.7 Å². The first-order valence-corrected chi connectivity index (χ1v) is 8.36. The molecule has 0 unspecified atom stereocenters. The molecular formula is C20H19FN2O4. The molecule has 3 rings (SSSR count). The van der Waals surface area contributed by atoms with E-state index in [4.69, 9.17) is 14.9 Å². The Balaban J connectivity index is 1.85. The zero-order valence-corrected chi connectivity index (χ0v) is 14.8. The quantitative estimate of drug-likeness (QED) is 0.693. The molecule has 1 heterocycles. The van der Waals surface area contributed by atoms with Crippen LogP contribution in [0.3, 0.4) is 0 Å². The predicted octanol–water partition coefficient (Wildman–Crippen LogP) is 3.03. The van der Waals surface area contributed by atoms with Crippen LogP contribution in [-0.4, -0.2) is 25.5 Å². The molecule has 0 fully saturated rings. The van der Waals surface area contributed by atoms with Gasteiger partial charge in [-0.05, 0) is 36.4 Å². The largest absolute Gasteiger partial charge is 0.497 e. The Bertz CT molecular complexity index is 966. The SMILES string of the molecule is COc1ccc2c(CC(=O)N(CCC(N)=O)c3ccc(F)cc3)coc2c1. The molecule has 0 spiro atoms. The highest BCUT2D eigenvalue weighted by molar-refractivity contribution is 5.97. The molecule has 0 saturated carbocycles. The molecule has 2 aromatic carbocycles. The number of rotatable bonds is 7. The Labute approximate surface area is 155 Å². The summed E-state index contributed by atoms with van der Waals surface area (Å²) in [6, 6.07) is 10.9. The Morgan fingerprint density at radius 2 is 1.93 bits per heavy atom. The van der Waals surface area contributed by atoms with E-state index in [-0.39, 0.29) is 25.3 Å². The highest BCUT2D eigenvalue weighted by atomic mass is 19.1. The lowest BCUT2D eigenvalue weighted by molar-refractivity contribution is -0.118. The van der Waals surface area contributed by atoms with Crippen molar-refractivity contribution in [3.63, 3.8) is 0 Å². The molecule has 7 heteroatoms. The van der Waals surface area contributed by atoms with Gasteiger partial charge >= 0.3 is 0 Å². The zero-order chi connectivity index (χ0) is 19.4. The van der Waals surface area contributed by atoms with Crippen LogP contribution in [0.2, 0.25) is 0 Å². The number of hydrogen-bond acceptors (Lipinski definition) is 4. The van der Waals surface area contributed by atoms with Gasteiger partial charge in [-0.15, -0.1) is 0 Å². The Hall–Kier alpha value is -3.35. The third kappa shape index (κ3) is 4.25. The lowest BCUT2D eigenvalue weighted by atomic mass is 10.1. The zero-order valence-electron chi connectivity index (χ0n) is 14.8. The van der Waals surface area contributed by atoms with Crippen molar-refractivity contribution < 1.29 is 23.1 Å². The van der Waals surface area contributed by atoms with Gasteiger partial charge in [0.1, 0.15) is 17.1 Å². The maximum atomic E-state index is 13.2. The first-order chi connectivity index (χ1) is 13.0. The van der Waals surface area contributed by atoms with Crippen LogP contribution in [0.15, 0.2) is 53.1 Å². The number of hydrogen-bond donors (Lipinski definition) is 1. The van der Waals surface area contributed by atoms with Crippen molar-refractivity contribution in [2.45, 2.75) is 12.8 Å². The van der Waals surface area contributed by atoms with Gasteiger partial charge in [0, 0.05) is 35.7 Å². The summed E-state index contributed by atoms with van der Waals surface area (Å²) in [6.45, 7) is 0.114. The van der Waals surface area contributed by atoms with Gasteiger partial charge in [-0.3, -0.25) is 9.59 Å². The van der Waals surface area contributed by atoms with Crippen LogP contribution in [0.1, 0.15) is 12.0 Å². The second-order valence-corrected chi connectivity index (χ2v) is 6.04. The van der Waals surface area contributed by atoms with Gasteiger partial charge in [-0.1, -0.05) is 0 Å². The summed E-state index contributed by atoms with van der Waals surface area (Å²) < 4.78 is 23.9. The van der Waals surface area contributed by atoms with Gasteiger partial charge in [0.2, 0.25) is 11.8 Å². The van der Waals surface area contributed by atoms with Crippen molar-refractivity contribution in [2.24, 2.45) is 5.73 Å². The maximum Gasteiger partial charge on any atom is 0.231 e. The number of fused-ring (bicyclic) bond motifs is 1. The molecule has 6 nitrogen and oxygen atoms in total. The fraction of sp³-hybridized carbons (Fsp3) is 0.200. The number of ether oxygens (including phenoxy) is 1. The van der Waals surface area contributed by atoms with Crippen LogP contribution in [0.25, 0.3) is 11.0 Å². The number of carbonyl (C=O) groups is 2. The average Bonchev–Trinajstić information content (AvgIpc) is 3.05. The van der Waals surface area contributed by atoms with Gasteiger partial charge < -0.3 is 19.8 Å². The van der Waals surface area contributed by atoms with Crippen LogP contribution in [0.4, 0.5) is 10.1 Å². The fourth-order valence-corrected chi connectivity index (χ4v) is 2.83. The summed E-state index contributed by atoms with van der Waals surface area (Å²) >= 11 is 0. The first-order valence-electron chi connectivity index (χ1n) is 8.36. The fourth-order valence-electron chi connectivity index (χ4n) is 2.83. The molecule has 2 N–H and O–H groups in total. The third-order valence-corrected chi connectivity index (χ3v) is 4.23. The van der Waals surface area contributed by atoms with E-state index in [1.165, 1.54) is 35.4 Å². The van der Waals surface area contributed by atoms with Crippen molar-refractivity contribution >= 4 is 28.5 Å². The van der Waals surface area contributed by atoms with Crippen molar-refractivity contribution in [2.75, 3.05) is 18.6 Å². The van der Waals surface area contributed by atoms with Crippen LogP contribution in [0.5, 0.6) is 5.75 Å². The van der Waals surface area contributed by atoms with Gasteiger partial charge in [-0.2, -0.15) is 0 Å². The normalized spacial score (nSPS) is 10.7. The number of benzene rings is 2. The molecule has 0 radical (unpaired) electrons. The number of nitrogens with zero attached hydrogens (tertiary/aromatic N) is 1. The number of amides is 2. The average molecular weight is 370 g/mol. The number of carbonyl (C=O) groups excluding carboxylic acids is 2. The molecule has 0 bridgehead atoms. The number of methoxy groups -OCH3 is 1. The molecule has 2 amide bonds. The lowest BCUT2D eigenvalue weighted by Gasteiger charge is -2.22. The van der Waals surface area contributed by atoms with Crippen LogP contribution < -0.4 is 15.4 Å². The Kier molecular flexibility index (Phi) is 5.40. The number of anilines is 1. The molecule has 3 aromatic rings. The lowest BCUT2D eigenvalue weighted by Crippen LogP contribution is -2.35. The highest BCUT2D eigenvalue weighted by Crippen LogP contribution is 2.27. The third-order valence-electron chi connectivity index (χ3n) is 4.23. The van der Waals surface area contributed by atoms with E-state index >= 15 is 0 Å². The minimum Gasteiger partial charge on any atom is -0.497 e. The molecule has 27 heavy (non-hydrogen) atoms. The van der Waals surface area contributed by atoms with E-state index in [9.17, 15) is 14.0 Å². The minimum absolute atomic E-state index is 0.00640. The smallest absolute Gasteiger partial charge is 0.231 e. The summed E-state index contributed by atoms with van der Waals surface area (Å²) in [6.07, 6.45) is 1.60. The minimum atomic E-state index is -0.518. The van der Waals surface area contributed by atoms with E-state index in [1.54, 1.807) is 19.2 Å². The molecule has 140 valence electrons. The van der Waals surface area contributed by atoms with Crippen molar-refractivity contribution in [3.8, 4) is 5.75 Å². The Morgan fingerprint density at radius 1 is 1.19 bits per heavy atom. The second kappa shape index (κ2) is 7.90. The molecule has 0 saturated heterocycles. The van der Waals surface area contributed by atoms with E-state index in [1.807, 2.05) is 6.07 Å². The standard InChI is InChI=1S/C20H19FN2O4/c1-26-16-6-7-17-13(12-27-18(17)11-16)10-20(25)23(9-8-19(22)24)15-4-2-14(21)3-5-15/h2-7,11-12H,8-10H2,1H3,(H2,22,24). The van der Waals surface area contributed by atoms with Gasteiger partial charge in [0.05, 0.1) is 19.8 Å². The van der Waals surface area contributed by atoms with Crippen LogP contribution >= 0.6 is 0 Å². The van der Waals surface area contributed by atoms with E-state index in [0.717, 1.165) is 5.39 Å². The van der Waals surface area contributed by atoms with Crippen molar-refractivity contribution in [1.29, 1.82) is 0 Å². The topological polar surface area (TPSA) is 85.8 Å². The molecular weight excluding hydrogens is 351 g/mol. The molecule has 0 aliphatic carbocycles. The molecule has 0 aliphatic rings. The maximum absolute atomic E-state index is 13.2. The first kappa shape index (κ1) is 18.4. The highest BCUT2D eigenvalue weighted by Gasteiger charge is 2.19. The van der Waals surface area contributed by atoms with Gasteiger partial charge in [0.15, 0.2) is 0 Å². The number of furan rings is 1. The van der Waals surface area contributed by atoms with Gasteiger partial charge in [-0.25, -0.2) is 4.39 Å². The van der Waals surface area contributed by atoms with E-state index in [2.05, 4.69) is 0 Å². The van der Waals surface area contributed by atoms with Crippen molar-refractivity contribution in [3.05, 3.63) is 60.1 Å². The van der Waals surface area contributed by atoms with Crippen LogP contribution in [-0.2, 0) is 16.0 Å². The van der Waals surface area contributed by atoms with Crippen molar-refractivity contribution in [1.82, 2.24) is 0 Å². The Morgan fingerprint density at radius 3 is 2.59 bits per heavy atom. The molecule has 1 aromatic heterocycles. The van der Waals surface area contributed by atoms with Crippen LogP contribution in [0, 0.1) is 5.82 Å². The second-order valence-electron chi connectivity index (χ2n) is 6.04. The number of halogens is 1. The number of nitrogens with two attached hydrogens (primary N) is 1. The summed E-state index contributed by atoms with van der Waals surface area (Å²) in [5.41, 5.74) is 7.04. The summed E-state index contributed by atoms with van der Waals surface area (Å²) in [5, 5.41) is 0.804.